The molecule has 0 amide bonds. The Balaban J connectivity index is 1.68. The van der Waals surface area contributed by atoms with Crippen molar-refractivity contribution in [1.29, 1.82) is 0 Å². The first kappa shape index (κ1) is 17.4. The molecule has 4 aromatic carbocycles. The molecule has 0 fully saturated rings. The molecule has 1 aliphatic rings. The molecule has 0 saturated carbocycles. The van der Waals surface area contributed by atoms with Gasteiger partial charge in [-0.05, 0) is 34.0 Å². The zero-order valence-electron chi connectivity index (χ0n) is 15.8. The number of hydrogen-bond donors (Lipinski definition) is 0. The molecule has 3 heteroatoms. The van der Waals surface area contributed by atoms with Gasteiger partial charge in [-0.25, -0.2) is 9.79 Å². The number of ether oxygens (including phenoxy) is 1. The number of rotatable bonds is 4. The maximum absolute atomic E-state index is 13.3. The fourth-order valence-electron chi connectivity index (χ4n) is 3.95. The Morgan fingerprint density at radius 1 is 0.724 bits per heavy atom. The predicted octanol–water partition coefficient (Wildman–Crippen LogP) is 5.28. The van der Waals surface area contributed by atoms with Gasteiger partial charge in [0.25, 0.3) is 0 Å². The second kappa shape index (κ2) is 7.02. The topological polar surface area (TPSA) is 38.7 Å². The van der Waals surface area contributed by atoms with Crippen LogP contribution in [-0.4, -0.2) is 11.9 Å². The smallest absolute Gasteiger partial charge is 0.345 e. The summed E-state index contributed by atoms with van der Waals surface area (Å²) in [4.78, 5) is 18.2. The number of benzene rings is 4. The SMILES string of the molecule is O=C1OC(c2ccccc2)=NC1(Cc1cccc2ccccc12)c1ccccc1. The van der Waals surface area contributed by atoms with Gasteiger partial charge in [0, 0.05) is 12.0 Å². The molecule has 0 aliphatic carbocycles. The van der Waals surface area contributed by atoms with Crippen LogP contribution in [0.3, 0.4) is 0 Å². The first-order chi connectivity index (χ1) is 14.3. The number of cyclic esters (lactones) is 1. The van der Waals surface area contributed by atoms with E-state index in [-0.39, 0.29) is 5.97 Å². The van der Waals surface area contributed by atoms with Crippen LogP contribution in [0, 0.1) is 0 Å². The molecule has 1 aliphatic heterocycles. The maximum Gasteiger partial charge on any atom is 0.345 e. The molecule has 0 spiro atoms. The highest BCUT2D eigenvalue weighted by Gasteiger charge is 2.48. The maximum atomic E-state index is 13.3. The van der Waals surface area contributed by atoms with Crippen molar-refractivity contribution < 1.29 is 9.53 Å². The van der Waals surface area contributed by atoms with Gasteiger partial charge in [0.1, 0.15) is 0 Å². The Morgan fingerprint density at radius 2 is 1.38 bits per heavy atom. The fourth-order valence-corrected chi connectivity index (χ4v) is 3.95. The van der Waals surface area contributed by atoms with Gasteiger partial charge in [0.2, 0.25) is 5.90 Å². The molecule has 1 unspecified atom stereocenters. The van der Waals surface area contributed by atoms with Gasteiger partial charge in [-0.1, -0.05) is 91.0 Å². The van der Waals surface area contributed by atoms with Crippen LogP contribution in [0.25, 0.3) is 10.8 Å². The van der Waals surface area contributed by atoms with E-state index in [2.05, 4.69) is 24.3 Å². The molecule has 0 saturated heterocycles. The van der Waals surface area contributed by atoms with Crippen molar-refractivity contribution >= 4 is 22.6 Å². The minimum atomic E-state index is -1.10. The van der Waals surface area contributed by atoms with Gasteiger partial charge in [-0.2, -0.15) is 0 Å². The van der Waals surface area contributed by atoms with Gasteiger partial charge >= 0.3 is 5.97 Å². The van der Waals surface area contributed by atoms with Gasteiger partial charge in [0.05, 0.1) is 0 Å². The van der Waals surface area contributed by atoms with Crippen LogP contribution in [-0.2, 0) is 21.5 Å². The van der Waals surface area contributed by atoms with E-state index in [0.717, 1.165) is 27.5 Å². The van der Waals surface area contributed by atoms with Crippen LogP contribution in [0.1, 0.15) is 16.7 Å². The first-order valence-corrected chi connectivity index (χ1v) is 9.66. The lowest BCUT2D eigenvalue weighted by Crippen LogP contribution is -2.33. The van der Waals surface area contributed by atoms with Crippen molar-refractivity contribution in [2.75, 3.05) is 0 Å². The molecular formula is C26H19NO2. The molecule has 0 radical (unpaired) electrons. The van der Waals surface area contributed by atoms with Crippen molar-refractivity contribution in [3.63, 3.8) is 0 Å². The summed E-state index contributed by atoms with van der Waals surface area (Å²) in [6.07, 6.45) is 0.438. The Hall–Kier alpha value is -3.72. The molecule has 0 aromatic heterocycles. The van der Waals surface area contributed by atoms with Gasteiger partial charge in [-0.3, -0.25) is 0 Å². The van der Waals surface area contributed by atoms with Crippen molar-refractivity contribution in [1.82, 2.24) is 0 Å². The van der Waals surface area contributed by atoms with Crippen LogP contribution in [0.2, 0.25) is 0 Å². The monoisotopic (exact) mass is 377 g/mol. The Morgan fingerprint density at radius 3 is 2.17 bits per heavy atom. The van der Waals surface area contributed by atoms with E-state index in [1.54, 1.807) is 0 Å². The minimum Gasteiger partial charge on any atom is -0.405 e. The fraction of sp³-hybridized carbons (Fsp3) is 0.0769. The number of carbonyl (C=O) groups excluding carboxylic acids is 1. The van der Waals surface area contributed by atoms with Crippen molar-refractivity contribution in [3.8, 4) is 0 Å². The normalized spacial score (nSPS) is 18.5. The molecule has 1 atom stereocenters. The van der Waals surface area contributed by atoms with Crippen LogP contribution >= 0.6 is 0 Å². The lowest BCUT2D eigenvalue weighted by atomic mass is 9.83. The second-order valence-corrected chi connectivity index (χ2v) is 7.21. The molecule has 29 heavy (non-hydrogen) atoms. The Labute approximate surface area is 169 Å². The second-order valence-electron chi connectivity index (χ2n) is 7.21. The molecule has 1 heterocycles. The van der Waals surface area contributed by atoms with Crippen LogP contribution in [0.4, 0.5) is 0 Å². The molecule has 3 nitrogen and oxygen atoms in total. The summed E-state index contributed by atoms with van der Waals surface area (Å²) in [5, 5.41) is 2.27. The van der Waals surface area contributed by atoms with E-state index in [1.165, 1.54) is 0 Å². The minimum absolute atomic E-state index is 0.338. The van der Waals surface area contributed by atoms with E-state index in [9.17, 15) is 4.79 Å². The van der Waals surface area contributed by atoms with Gasteiger partial charge in [0.15, 0.2) is 5.54 Å². The summed E-state index contributed by atoms with van der Waals surface area (Å²) in [6, 6.07) is 33.7. The summed E-state index contributed by atoms with van der Waals surface area (Å²) in [5.41, 5.74) is 1.61. The van der Waals surface area contributed by atoms with E-state index in [0.29, 0.717) is 12.3 Å². The molecular weight excluding hydrogens is 358 g/mol. The third-order valence-electron chi connectivity index (χ3n) is 5.42. The molecule has 4 aromatic rings. The summed E-state index contributed by atoms with van der Waals surface area (Å²) in [6.45, 7) is 0. The van der Waals surface area contributed by atoms with Crippen molar-refractivity contribution in [2.45, 2.75) is 12.0 Å². The highest BCUT2D eigenvalue weighted by molar-refractivity contribution is 6.08. The number of nitrogens with zero attached hydrogens (tertiary/aromatic N) is 1. The molecule has 0 N–H and O–H groups in total. The quantitative estimate of drug-likeness (QED) is 0.454. The van der Waals surface area contributed by atoms with Crippen molar-refractivity contribution in [2.24, 2.45) is 4.99 Å². The van der Waals surface area contributed by atoms with E-state index >= 15 is 0 Å². The Kier molecular flexibility index (Phi) is 4.21. The van der Waals surface area contributed by atoms with Gasteiger partial charge in [-0.15, -0.1) is 0 Å². The number of aliphatic imine (C=N–C) groups is 1. The van der Waals surface area contributed by atoms with Crippen LogP contribution in [0.15, 0.2) is 108 Å². The van der Waals surface area contributed by atoms with Gasteiger partial charge < -0.3 is 4.74 Å². The third kappa shape index (κ3) is 3.01. The largest absolute Gasteiger partial charge is 0.405 e. The number of hydrogen-bond acceptors (Lipinski definition) is 3. The predicted molar refractivity (Wildman–Crippen MR) is 115 cm³/mol. The lowest BCUT2D eigenvalue weighted by molar-refractivity contribution is -0.139. The third-order valence-corrected chi connectivity index (χ3v) is 5.42. The zero-order chi connectivity index (χ0) is 19.7. The number of fused-ring (bicyclic) bond motifs is 1. The summed E-state index contributed by atoms with van der Waals surface area (Å²) >= 11 is 0. The van der Waals surface area contributed by atoms with Crippen molar-refractivity contribution in [3.05, 3.63) is 120 Å². The van der Waals surface area contributed by atoms with E-state index < -0.39 is 5.54 Å². The average Bonchev–Trinajstić information content (AvgIpc) is 3.12. The zero-order valence-corrected chi connectivity index (χ0v) is 15.8. The molecule has 140 valence electrons. The summed E-state index contributed by atoms with van der Waals surface area (Å²) in [5.74, 6) is 0.0372. The van der Waals surface area contributed by atoms with E-state index in [4.69, 9.17) is 9.73 Å². The summed E-state index contributed by atoms with van der Waals surface area (Å²) < 4.78 is 5.71. The first-order valence-electron chi connectivity index (χ1n) is 9.66. The highest BCUT2D eigenvalue weighted by Crippen LogP contribution is 2.38. The van der Waals surface area contributed by atoms with Crippen LogP contribution < -0.4 is 0 Å². The number of esters is 1. The Bertz CT molecular complexity index is 1210. The standard InChI is InChI=1S/C26H19NO2/c28-25-26(22-15-5-2-6-16-22,27-24(29-25)20-11-3-1-4-12-20)18-21-14-9-13-19-10-7-8-17-23(19)21/h1-17H,18H2. The molecule has 0 bridgehead atoms. The number of carbonyl (C=O) groups is 1. The average molecular weight is 377 g/mol. The van der Waals surface area contributed by atoms with E-state index in [1.807, 2.05) is 78.9 Å². The summed E-state index contributed by atoms with van der Waals surface area (Å²) in [7, 11) is 0. The van der Waals surface area contributed by atoms with Crippen LogP contribution in [0.5, 0.6) is 0 Å². The highest BCUT2D eigenvalue weighted by atomic mass is 16.6. The molecule has 5 rings (SSSR count). The lowest BCUT2D eigenvalue weighted by Gasteiger charge is -2.23.